The van der Waals surface area contributed by atoms with Gasteiger partial charge in [0.1, 0.15) is 5.60 Å². The topological polar surface area (TPSA) is 38.7 Å². The fraction of sp³-hybridized carbons (Fsp3) is 0.333. The molecule has 1 aliphatic rings. The second-order valence-corrected chi connectivity index (χ2v) is 9.86. The van der Waals surface area contributed by atoms with Crippen molar-refractivity contribution >= 4 is 11.7 Å². The van der Waals surface area contributed by atoms with Gasteiger partial charge < -0.3 is 4.74 Å². The number of hydrogen-bond donors (Lipinski definition) is 0. The molecule has 4 rings (SSSR count). The molecule has 170 valence electrons. The summed E-state index contributed by atoms with van der Waals surface area (Å²) < 4.78 is 5.83. The van der Waals surface area contributed by atoms with Crippen LogP contribution in [0, 0.1) is 6.92 Å². The summed E-state index contributed by atoms with van der Waals surface area (Å²) in [4.78, 5) is 18.4. The molecule has 0 saturated carbocycles. The highest BCUT2D eigenvalue weighted by Gasteiger charge is 2.27. The molecule has 0 N–H and O–H groups in total. The van der Waals surface area contributed by atoms with Gasteiger partial charge in [-0.1, -0.05) is 72.8 Å². The first-order chi connectivity index (χ1) is 15.8. The van der Waals surface area contributed by atoms with Crippen LogP contribution in [0.5, 0.6) is 0 Å². The van der Waals surface area contributed by atoms with E-state index in [1.165, 1.54) is 28.7 Å². The third-order valence-electron chi connectivity index (χ3n) is 6.02. The summed E-state index contributed by atoms with van der Waals surface area (Å²) in [5.41, 5.74) is 7.47. The summed E-state index contributed by atoms with van der Waals surface area (Å²) in [5.74, 6) is -0.285. The molecule has 0 bridgehead atoms. The first-order valence-corrected chi connectivity index (χ1v) is 11.8. The van der Waals surface area contributed by atoms with Crippen LogP contribution in [0.1, 0.15) is 60.6 Å². The number of fused-ring (bicyclic) bond motifs is 1. The maximum atomic E-state index is 13.4. The monoisotopic (exact) mass is 439 g/mol. The van der Waals surface area contributed by atoms with Gasteiger partial charge in [0.2, 0.25) is 0 Å². The Kier molecular flexibility index (Phi) is 6.78. The molecule has 0 spiro atoms. The fourth-order valence-electron chi connectivity index (χ4n) is 4.44. The van der Waals surface area contributed by atoms with E-state index in [-0.39, 0.29) is 5.97 Å². The van der Waals surface area contributed by atoms with Gasteiger partial charge in [0.15, 0.2) is 6.04 Å². The normalized spacial score (nSPS) is 13.8. The van der Waals surface area contributed by atoms with Crippen LogP contribution < -0.4 is 0 Å². The van der Waals surface area contributed by atoms with E-state index >= 15 is 0 Å². The molecule has 0 saturated heterocycles. The number of carbonyl (C=O) groups excluding carboxylic acids is 1. The lowest BCUT2D eigenvalue weighted by atomic mass is 9.95. The van der Waals surface area contributed by atoms with E-state index in [1.807, 2.05) is 81.4 Å². The molecule has 3 aromatic rings. The quantitative estimate of drug-likeness (QED) is 0.335. The number of aryl methyl sites for hydroxylation is 3. The summed E-state index contributed by atoms with van der Waals surface area (Å²) >= 11 is 0. The van der Waals surface area contributed by atoms with E-state index in [1.54, 1.807) is 0 Å². The van der Waals surface area contributed by atoms with E-state index in [0.717, 1.165) is 29.7 Å². The predicted octanol–water partition coefficient (Wildman–Crippen LogP) is 6.27. The number of ether oxygens (including phenoxy) is 1. The van der Waals surface area contributed by atoms with Gasteiger partial charge in [-0.25, -0.2) is 4.79 Å². The molecule has 1 atom stereocenters. The molecule has 3 heteroatoms. The minimum absolute atomic E-state index is 0.285. The third kappa shape index (κ3) is 5.78. The van der Waals surface area contributed by atoms with Gasteiger partial charge in [-0.3, -0.25) is 4.99 Å². The van der Waals surface area contributed by atoms with Crippen molar-refractivity contribution in [2.75, 3.05) is 0 Å². The van der Waals surface area contributed by atoms with Gasteiger partial charge >= 0.3 is 5.97 Å². The average Bonchev–Trinajstić information content (AvgIpc) is 3.23. The summed E-state index contributed by atoms with van der Waals surface area (Å²) in [7, 11) is 0. The second-order valence-electron chi connectivity index (χ2n) is 9.86. The van der Waals surface area contributed by atoms with Crippen LogP contribution in [0.3, 0.4) is 0 Å². The minimum atomic E-state index is -0.627. The molecule has 0 fully saturated rings. The van der Waals surface area contributed by atoms with Crippen molar-refractivity contribution in [3.05, 3.63) is 106 Å². The maximum Gasteiger partial charge on any atom is 0.331 e. The van der Waals surface area contributed by atoms with Crippen molar-refractivity contribution in [2.24, 2.45) is 4.99 Å². The number of nitrogens with zero attached hydrogens (tertiary/aromatic N) is 1. The standard InChI is InChI=1S/C30H33NO2/c1-21-18-24-16-11-17-25(24)19-26(21)20-27(29(32)33-30(2,3)4)31-28(22-12-7-5-8-13-22)23-14-9-6-10-15-23/h5-10,12-15,18-19,27H,11,16-17,20H2,1-4H3/t27-/m0/s1. The van der Waals surface area contributed by atoms with E-state index in [4.69, 9.17) is 9.73 Å². The maximum absolute atomic E-state index is 13.4. The van der Waals surface area contributed by atoms with Crippen LogP contribution >= 0.6 is 0 Å². The highest BCUT2D eigenvalue weighted by molar-refractivity contribution is 6.13. The van der Waals surface area contributed by atoms with Gasteiger partial charge in [0.25, 0.3) is 0 Å². The van der Waals surface area contributed by atoms with Crippen LogP contribution in [-0.4, -0.2) is 23.3 Å². The number of rotatable bonds is 6. The summed E-state index contributed by atoms with van der Waals surface area (Å²) in [6, 6.07) is 24.1. The molecule has 1 aliphatic carbocycles. The van der Waals surface area contributed by atoms with Crippen LogP contribution in [-0.2, 0) is 28.8 Å². The Bertz CT molecular complexity index is 1100. The average molecular weight is 440 g/mol. The van der Waals surface area contributed by atoms with Crippen LogP contribution in [0.4, 0.5) is 0 Å². The van der Waals surface area contributed by atoms with Crippen molar-refractivity contribution in [1.29, 1.82) is 0 Å². The molecule has 3 nitrogen and oxygen atoms in total. The molecular formula is C30H33NO2. The van der Waals surface area contributed by atoms with Crippen LogP contribution in [0.2, 0.25) is 0 Å². The smallest absolute Gasteiger partial charge is 0.331 e. The van der Waals surface area contributed by atoms with Gasteiger partial charge in [-0.2, -0.15) is 0 Å². The van der Waals surface area contributed by atoms with Gasteiger partial charge in [0.05, 0.1) is 5.71 Å². The zero-order valence-corrected chi connectivity index (χ0v) is 20.1. The molecule has 0 unspecified atom stereocenters. The van der Waals surface area contributed by atoms with Gasteiger partial charge in [-0.15, -0.1) is 0 Å². The van der Waals surface area contributed by atoms with Crippen LogP contribution in [0.15, 0.2) is 77.8 Å². The van der Waals surface area contributed by atoms with Crippen molar-refractivity contribution in [2.45, 2.75) is 65.0 Å². The Hall–Kier alpha value is -3.20. The van der Waals surface area contributed by atoms with E-state index in [2.05, 4.69) is 19.1 Å². The van der Waals surface area contributed by atoms with Gasteiger partial charge in [-0.05, 0) is 69.2 Å². The molecule has 0 amide bonds. The zero-order chi connectivity index (χ0) is 23.4. The van der Waals surface area contributed by atoms with E-state index in [0.29, 0.717) is 6.42 Å². The van der Waals surface area contributed by atoms with Crippen molar-refractivity contribution in [1.82, 2.24) is 0 Å². The second kappa shape index (κ2) is 9.74. The molecule has 0 heterocycles. The largest absolute Gasteiger partial charge is 0.458 e. The predicted molar refractivity (Wildman–Crippen MR) is 135 cm³/mol. The first kappa shape index (κ1) is 23.0. The highest BCUT2D eigenvalue weighted by atomic mass is 16.6. The molecule has 33 heavy (non-hydrogen) atoms. The number of aliphatic imine (C=N–C) groups is 1. The first-order valence-electron chi connectivity index (χ1n) is 11.8. The molecule has 0 aromatic heterocycles. The number of carbonyl (C=O) groups is 1. The number of esters is 1. The number of hydrogen-bond acceptors (Lipinski definition) is 3. The third-order valence-corrected chi connectivity index (χ3v) is 6.02. The molecule has 0 aliphatic heterocycles. The summed E-state index contributed by atoms with van der Waals surface area (Å²) in [6.45, 7) is 7.85. The lowest BCUT2D eigenvalue weighted by Gasteiger charge is -2.24. The Morgan fingerprint density at radius 1 is 0.909 bits per heavy atom. The highest BCUT2D eigenvalue weighted by Crippen LogP contribution is 2.27. The lowest BCUT2D eigenvalue weighted by Crippen LogP contribution is -2.33. The molecule has 0 radical (unpaired) electrons. The van der Waals surface area contributed by atoms with Crippen LogP contribution in [0.25, 0.3) is 0 Å². The molecular weight excluding hydrogens is 406 g/mol. The number of benzene rings is 3. The Balaban J connectivity index is 1.78. The SMILES string of the molecule is Cc1cc2c(cc1C[C@H](N=C(c1ccccc1)c1ccccc1)C(=O)OC(C)(C)C)CCC2. The summed E-state index contributed by atoms with van der Waals surface area (Å²) in [6.07, 6.45) is 3.99. The fourth-order valence-corrected chi connectivity index (χ4v) is 4.44. The Morgan fingerprint density at radius 3 is 2.00 bits per heavy atom. The van der Waals surface area contributed by atoms with Crippen molar-refractivity contribution in [3.63, 3.8) is 0 Å². The Morgan fingerprint density at radius 2 is 1.45 bits per heavy atom. The van der Waals surface area contributed by atoms with Crippen molar-refractivity contribution in [3.8, 4) is 0 Å². The lowest BCUT2D eigenvalue weighted by molar-refractivity contribution is -0.156. The minimum Gasteiger partial charge on any atom is -0.458 e. The summed E-state index contributed by atoms with van der Waals surface area (Å²) in [5, 5.41) is 0. The molecule has 3 aromatic carbocycles. The Labute approximate surface area is 197 Å². The zero-order valence-electron chi connectivity index (χ0n) is 20.1. The van der Waals surface area contributed by atoms with Crippen molar-refractivity contribution < 1.29 is 9.53 Å². The van der Waals surface area contributed by atoms with Gasteiger partial charge in [0, 0.05) is 17.5 Å². The van der Waals surface area contributed by atoms with E-state index in [9.17, 15) is 4.79 Å². The van der Waals surface area contributed by atoms with E-state index < -0.39 is 11.6 Å².